The molecule has 0 heterocycles. The van der Waals surface area contributed by atoms with Crippen molar-refractivity contribution in [2.75, 3.05) is 20.3 Å². The van der Waals surface area contributed by atoms with E-state index in [0.717, 1.165) is 13.2 Å². The van der Waals surface area contributed by atoms with Crippen LogP contribution in [0.4, 0.5) is 0 Å². The highest BCUT2D eigenvalue weighted by Gasteiger charge is 2.04. The van der Waals surface area contributed by atoms with Crippen LogP contribution in [0.1, 0.15) is 29.7 Å². The summed E-state index contributed by atoms with van der Waals surface area (Å²) in [6.07, 6.45) is 0. The van der Waals surface area contributed by atoms with E-state index in [1.165, 1.54) is 16.7 Å². The number of ether oxygens (including phenoxy) is 1. The highest BCUT2D eigenvalue weighted by Crippen LogP contribution is 2.16. The summed E-state index contributed by atoms with van der Waals surface area (Å²) in [5.74, 6) is 0. The van der Waals surface area contributed by atoms with Crippen molar-refractivity contribution in [1.82, 2.24) is 5.32 Å². The molecule has 1 N–H and O–H groups in total. The summed E-state index contributed by atoms with van der Waals surface area (Å²) in [5.41, 5.74) is 4.00. The van der Waals surface area contributed by atoms with Crippen LogP contribution in [0.5, 0.6) is 0 Å². The number of benzene rings is 1. The van der Waals surface area contributed by atoms with Gasteiger partial charge in [0.25, 0.3) is 0 Å². The highest BCUT2D eigenvalue weighted by atomic mass is 16.5. The second kappa shape index (κ2) is 5.89. The van der Waals surface area contributed by atoms with Crippen molar-refractivity contribution in [1.29, 1.82) is 0 Å². The fourth-order valence-corrected chi connectivity index (χ4v) is 1.76. The first-order valence-corrected chi connectivity index (χ1v) is 5.44. The van der Waals surface area contributed by atoms with Gasteiger partial charge in [-0.2, -0.15) is 0 Å². The Kier molecular flexibility index (Phi) is 4.79. The van der Waals surface area contributed by atoms with Gasteiger partial charge in [-0.1, -0.05) is 29.3 Å². The molecule has 0 bridgehead atoms. The first-order valence-electron chi connectivity index (χ1n) is 5.44. The van der Waals surface area contributed by atoms with Gasteiger partial charge in [-0.05, 0) is 26.3 Å². The summed E-state index contributed by atoms with van der Waals surface area (Å²) in [6, 6.07) is 7.05. The van der Waals surface area contributed by atoms with Crippen molar-refractivity contribution in [2.45, 2.75) is 26.8 Å². The van der Waals surface area contributed by atoms with Crippen LogP contribution < -0.4 is 5.32 Å². The molecule has 1 rings (SSSR count). The number of rotatable bonds is 5. The molecule has 0 saturated heterocycles. The van der Waals surface area contributed by atoms with Gasteiger partial charge in [0, 0.05) is 19.7 Å². The Morgan fingerprint density at radius 1 is 1.20 bits per heavy atom. The molecule has 0 unspecified atom stereocenters. The number of hydrogen-bond acceptors (Lipinski definition) is 2. The number of methoxy groups -OCH3 is 1. The van der Waals surface area contributed by atoms with Gasteiger partial charge in [0.2, 0.25) is 0 Å². The molecule has 1 aromatic carbocycles. The molecule has 15 heavy (non-hydrogen) atoms. The summed E-state index contributed by atoms with van der Waals surface area (Å²) in [5, 5.41) is 3.43. The van der Waals surface area contributed by atoms with E-state index >= 15 is 0 Å². The Morgan fingerprint density at radius 3 is 2.33 bits per heavy atom. The second-order valence-electron chi connectivity index (χ2n) is 4.09. The molecule has 1 atom stereocenters. The Labute approximate surface area is 92.6 Å². The molecule has 0 radical (unpaired) electrons. The molecule has 0 amide bonds. The van der Waals surface area contributed by atoms with Crippen molar-refractivity contribution in [3.05, 3.63) is 34.9 Å². The second-order valence-corrected chi connectivity index (χ2v) is 4.09. The SMILES string of the molecule is COCCN[C@@H](C)c1cc(C)cc(C)c1. The minimum atomic E-state index is 0.388. The van der Waals surface area contributed by atoms with Gasteiger partial charge in [0.15, 0.2) is 0 Å². The van der Waals surface area contributed by atoms with Gasteiger partial charge in [-0.25, -0.2) is 0 Å². The maximum Gasteiger partial charge on any atom is 0.0587 e. The molecule has 84 valence electrons. The molecule has 0 aliphatic heterocycles. The molecular weight excluding hydrogens is 186 g/mol. The molecule has 0 aliphatic carbocycles. The van der Waals surface area contributed by atoms with Gasteiger partial charge in [-0.3, -0.25) is 0 Å². The van der Waals surface area contributed by atoms with Crippen LogP contribution in [0, 0.1) is 13.8 Å². The van der Waals surface area contributed by atoms with Crippen molar-refractivity contribution >= 4 is 0 Å². The Morgan fingerprint density at radius 2 is 1.80 bits per heavy atom. The smallest absolute Gasteiger partial charge is 0.0587 e. The van der Waals surface area contributed by atoms with Gasteiger partial charge in [0.1, 0.15) is 0 Å². The average molecular weight is 207 g/mol. The summed E-state index contributed by atoms with van der Waals surface area (Å²) in [6.45, 7) is 8.11. The van der Waals surface area contributed by atoms with Crippen molar-refractivity contribution in [3.63, 3.8) is 0 Å². The van der Waals surface area contributed by atoms with Crippen LogP contribution in [0.2, 0.25) is 0 Å². The van der Waals surface area contributed by atoms with Gasteiger partial charge in [-0.15, -0.1) is 0 Å². The third-order valence-corrected chi connectivity index (χ3v) is 2.50. The van der Waals surface area contributed by atoms with Crippen molar-refractivity contribution in [3.8, 4) is 0 Å². The molecular formula is C13H21NO. The van der Waals surface area contributed by atoms with Gasteiger partial charge in [0.05, 0.1) is 6.61 Å². The van der Waals surface area contributed by atoms with Crippen LogP contribution in [0.15, 0.2) is 18.2 Å². The van der Waals surface area contributed by atoms with Crippen LogP contribution in [0.3, 0.4) is 0 Å². The van der Waals surface area contributed by atoms with Crippen LogP contribution in [-0.4, -0.2) is 20.3 Å². The van der Waals surface area contributed by atoms with Gasteiger partial charge < -0.3 is 10.1 Å². The monoisotopic (exact) mass is 207 g/mol. The van der Waals surface area contributed by atoms with E-state index in [0.29, 0.717) is 6.04 Å². The largest absolute Gasteiger partial charge is 0.383 e. The predicted octanol–water partition coefficient (Wildman–Crippen LogP) is 2.60. The Bertz CT molecular complexity index is 289. The zero-order chi connectivity index (χ0) is 11.3. The topological polar surface area (TPSA) is 21.3 Å². The molecule has 0 aliphatic rings. The lowest BCUT2D eigenvalue weighted by atomic mass is 10.0. The highest BCUT2D eigenvalue weighted by molar-refractivity contribution is 5.30. The summed E-state index contributed by atoms with van der Waals surface area (Å²) < 4.78 is 5.01. The minimum absolute atomic E-state index is 0.388. The fraction of sp³-hybridized carbons (Fsp3) is 0.538. The van der Waals surface area contributed by atoms with E-state index in [4.69, 9.17) is 4.74 Å². The van der Waals surface area contributed by atoms with E-state index in [1.807, 2.05) is 0 Å². The molecule has 2 nitrogen and oxygen atoms in total. The fourth-order valence-electron chi connectivity index (χ4n) is 1.76. The van der Waals surface area contributed by atoms with Crippen LogP contribution >= 0.6 is 0 Å². The maximum atomic E-state index is 5.01. The Hall–Kier alpha value is -0.860. The zero-order valence-corrected chi connectivity index (χ0v) is 10.1. The number of aryl methyl sites for hydroxylation is 2. The molecule has 0 spiro atoms. The first-order chi connectivity index (χ1) is 7.13. The third kappa shape index (κ3) is 4.02. The third-order valence-electron chi connectivity index (χ3n) is 2.50. The molecule has 0 fully saturated rings. The van der Waals surface area contributed by atoms with Gasteiger partial charge >= 0.3 is 0 Å². The molecule has 2 heteroatoms. The lowest BCUT2D eigenvalue weighted by Gasteiger charge is -2.15. The normalized spacial score (nSPS) is 12.8. The summed E-state index contributed by atoms with van der Waals surface area (Å²) in [7, 11) is 1.73. The number of hydrogen-bond donors (Lipinski definition) is 1. The first kappa shape index (κ1) is 12.2. The van der Waals surface area contributed by atoms with Crippen molar-refractivity contribution in [2.24, 2.45) is 0 Å². The van der Waals surface area contributed by atoms with E-state index in [2.05, 4.69) is 44.3 Å². The molecule has 0 aromatic heterocycles. The van der Waals surface area contributed by atoms with E-state index < -0.39 is 0 Å². The zero-order valence-electron chi connectivity index (χ0n) is 10.1. The maximum absolute atomic E-state index is 5.01. The predicted molar refractivity (Wildman–Crippen MR) is 64.2 cm³/mol. The summed E-state index contributed by atoms with van der Waals surface area (Å²) in [4.78, 5) is 0. The van der Waals surface area contributed by atoms with Crippen LogP contribution in [-0.2, 0) is 4.74 Å². The Balaban J connectivity index is 2.60. The van der Waals surface area contributed by atoms with E-state index in [1.54, 1.807) is 7.11 Å². The quantitative estimate of drug-likeness (QED) is 0.749. The minimum Gasteiger partial charge on any atom is -0.383 e. The summed E-state index contributed by atoms with van der Waals surface area (Å²) >= 11 is 0. The lowest BCUT2D eigenvalue weighted by Crippen LogP contribution is -2.22. The van der Waals surface area contributed by atoms with Crippen LogP contribution in [0.25, 0.3) is 0 Å². The molecule has 0 saturated carbocycles. The average Bonchev–Trinajstić information content (AvgIpc) is 2.16. The van der Waals surface area contributed by atoms with E-state index in [-0.39, 0.29) is 0 Å². The standard InChI is InChI=1S/C13H21NO/c1-10-7-11(2)9-13(8-10)12(3)14-5-6-15-4/h7-9,12,14H,5-6H2,1-4H3/t12-/m0/s1. The van der Waals surface area contributed by atoms with E-state index in [9.17, 15) is 0 Å². The molecule has 1 aromatic rings. The number of nitrogens with one attached hydrogen (secondary N) is 1. The lowest BCUT2D eigenvalue weighted by molar-refractivity contribution is 0.196. The van der Waals surface area contributed by atoms with Crippen molar-refractivity contribution < 1.29 is 4.74 Å².